The Bertz CT molecular complexity index is 2460. The van der Waals surface area contributed by atoms with Crippen LogP contribution in [0.3, 0.4) is 0 Å². The first-order chi connectivity index (χ1) is 34.4. The minimum Gasteiger partial charge on any atom is -0.495 e. The number of hydrogen-bond donors (Lipinski definition) is 3. The molecule has 8 rings (SSSR count). The Morgan fingerprint density at radius 3 is 2.15 bits per heavy atom. The fourth-order valence-corrected chi connectivity index (χ4v) is 11.3. The van der Waals surface area contributed by atoms with Crippen molar-refractivity contribution in [3.8, 4) is 22.6 Å². The number of primary amides is 1. The number of halogens is 2. The molecule has 0 spiro atoms. The quantitative estimate of drug-likeness (QED) is 0.0786. The van der Waals surface area contributed by atoms with Crippen LogP contribution in [0.25, 0.3) is 11.1 Å². The van der Waals surface area contributed by atoms with Crippen LogP contribution in [0.4, 0.5) is 10.1 Å². The molecule has 14 heteroatoms. The molecule has 1 aliphatic carbocycles. The molecule has 3 heterocycles. The van der Waals surface area contributed by atoms with Gasteiger partial charge in [0.1, 0.15) is 18.1 Å². The first-order valence-electron chi connectivity index (χ1n) is 25.9. The van der Waals surface area contributed by atoms with Gasteiger partial charge in [-0.25, -0.2) is 4.39 Å². The molecule has 380 valence electrons. The van der Waals surface area contributed by atoms with E-state index >= 15 is 4.39 Å². The van der Waals surface area contributed by atoms with Crippen molar-refractivity contribution < 1.29 is 37.8 Å². The fraction of sp³-hybridized carbons (Fsp3) is 0.509. The predicted molar refractivity (Wildman–Crippen MR) is 276 cm³/mol. The zero-order valence-corrected chi connectivity index (χ0v) is 42.2. The number of ether oxygens (including phenoxy) is 3. The average molecular weight is 993 g/mol. The number of carbonyl (C=O) groups is 4. The molecular weight excluding hydrogens is 921 g/mol. The van der Waals surface area contributed by atoms with E-state index in [9.17, 15) is 19.2 Å². The topological polar surface area (TPSA) is 153 Å². The number of carbonyl (C=O) groups excluding carboxylic acids is 4. The maximum absolute atomic E-state index is 16.4. The highest BCUT2D eigenvalue weighted by Crippen LogP contribution is 2.40. The number of likely N-dealkylation sites (tertiary alicyclic amines) is 2. The van der Waals surface area contributed by atoms with Crippen LogP contribution in [0.2, 0.25) is 5.02 Å². The van der Waals surface area contributed by atoms with Gasteiger partial charge in [-0.05, 0) is 137 Å². The minimum absolute atomic E-state index is 0.0110. The van der Waals surface area contributed by atoms with Crippen molar-refractivity contribution in [3.63, 3.8) is 0 Å². The fourth-order valence-electron chi connectivity index (χ4n) is 11.1. The highest BCUT2D eigenvalue weighted by Gasteiger charge is 2.33. The molecular formula is C57H71ClFN5O7. The summed E-state index contributed by atoms with van der Waals surface area (Å²) in [6.07, 6.45) is 11.9. The smallest absolute Gasteiger partial charge is 0.253 e. The van der Waals surface area contributed by atoms with Crippen LogP contribution in [0.1, 0.15) is 128 Å². The van der Waals surface area contributed by atoms with Crippen LogP contribution >= 0.6 is 11.6 Å². The Balaban J connectivity index is 0.796. The van der Waals surface area contributed by atoms with Crippen molar-refractivity contribution >= 4 is 40.8 Å². The zero-order valence-electron chi connectivity index (χ0n) is 41.4. The number of amides is 3. The number of anilines is 1. The van der Waals surface area contributed by atoms with Crippen molar-refractivity contribution in [2.24, 2.45) is 23.5 Å². The van der Waals surface area contributed by atoms with Gasteiger partial charge in [0, 0.05) is 91.9 Å². The second kappa shape index (κ2) is 24.8. The number of hydrogen-bond acceptors (Lipinski definition) is 9. The van der Waals surface area contributed by atoms with Crippen molar-refractivity contribution in [1.82, 2.24) is 15.1 Å². The first-order valence-corrected chi connectivity index (χ1v) is 26.3. The number of piperidine rings is 2. The average Bonchev–Trinajstić information content (AvgIpc) is 3.92. The molecule has 0 radical (unpaired) electrons. The molecule has 3 saturated heterocycles. The Hall–Kier alpha value is -5.50. The van der Waals surface area contributed by atoms with Crippen molar-refractivity contribution in [2.45, 2.75) is 108 Å². The van der Waals surface area contributed by atoms with Crippen molar-refractivity contribution in [3.05, 3.63) is 112 Å². The maximum Gasteiger partial charge on any atom is 0.253 e. The summed E-state index contributed by atoms with van der Waals surface area (Å²) in [5.74, 6) is 0.771. The number of nitrogens with two attached hydrogens (primary N) is 1. The highest BCUT2D eigenvalue weighted by molar-refractivity contribution is 6.33. The molecule has 4 aromatic rings. The molecule has 4 fully saturated rings. The summed E-state index contributed by atoms with van der Waals surface area (Å²) in [5, 5.41) is 7.37. The van der Waals surface area contributed by atoms with Crippen LogP contribution in [0.15, 0.2) is 78.9 Å². The molecule has 71 heavy (non-hydrogen) atoms. The number of ketones is 1. The lowest BCUT2D eigenvalue weighted by Crippen LogP contribution is -2.44. The third kappa shape index (κ3) is 13.3. The summed E-state index contributed by atoms with van der Waals surface area (Å²) < 4.78 is 33.5. The summed E-state index contributed by atoms with van der Waals surface area (Å²) in [6.45, 7) is 6.65. The number of methoxy groups -OCH3 is 1. The number of nitrogens with zero attached hydrogens (tertiary/aromatic N) is 2. The summed E-state index contributed by atoms with van der Waals surface area (Å²) in [6, 6.07) is 24.4. The Labute approximate surface area is 423 Å². The molecule has 1 unspecified atom stereocenters. The molecule has 2 atom stereocenters. The third-order valence-corrected chi connectivity index (χ3v) is 15.8. The maximum atomic E-state index is 16.4. The van der Waals surface area contributed by atoms with Crippen LogP contribution in [0, 0.1) is 23.6 Å². The molecule has 4 aliphatic rings. The van der Waals surface area contributed by atoms with E-state index in [0.29, 0.717) is 65.8 Å². The van der Waals surface area contributed by atoms with Gasteiger partial charge in [0.25, 0.3) is 5.91 Å². The standard InChI is InChI=1S/C57H71ClFN5O7/c1-37(65)22-27-61-50-34-43(15-20-51(50)69-2)57(68)64-30-25-39(26-31-64)11-10-38-23-28-63(29-24-38)56(67)41-12-16-44(17-13-41)62-35-48(40-7-4-3-5-8-40)42-14-19-49(58)47(33-42)53-46(55(60)66)18-21-52(54(53)59)71-36-45-9-6-32-70-45/h3-5,7-8,14-15,18-21,33-34,38-39,41,44-45,48,61-62H,6,9-13,16-17,22-32,35-36H2,1-2H3,(H2,60,66)/t41?,44?,45-,48?/m0/s1. The van der Waals surface area contributed by atoms with Crippen LogP contribution in [-0.2, 0) is 14.3 Å². The van der Waals surface area contributed by atoms with Crippen LogP contribution in [0.5, 0.6) is 11.5 Å². The van der Waals surface area contributed by atoms with E-state index in [1.54, 1.807) is 20.1 Å². The van der Waals surface area contributed by atoms with E-state index in [4.69, 9.17) is 31.5 Å². The van der Waals surface area contributed by atoms with E-state index < -0.39 is 11.7 Å². The number of Topliss-reactive ketones (excluding diaryl/α,β-unsaturated/α-hetero) is 1. The lowest BCUT2D eigenvalue weighted by atomic mass is 9.82. The van der Waals surface area contributed by atoms with Gasteiger partial charge in [0.15, 0.2) is 11.6 Å². The van der Waals surface area contributed by atoms with Crippen molar-refractivity contribution in [1.29, 1.82) is 0 Å². The molecule has 4 aromatic carbocycles. The molecule has 1 saturated carbocycles. The minimum atomic E-state index is -0.763. The van der Waals surface area contributed by atoms with E-state index in [-0.39, 0.29) is 59.2 Å². The lowest BCUT2D eigenvalue weighted by molar-refractivity contribution is -0.138. The zero-order chi connectivity index (χ0) is 49.9. The second-order valence-corrected chi connectivity index (χ2v) is 20.6. The number of benzene rings is 4. The van der Waals surface area contributed by atoms with Crippen LogP contribution in [-0.4, -0.2) is 105 Å². The van der Waals surface area contributed by atoms with E-state index in [1.807, 2.05) is 53.4 Å². The number of nitrogens with one attached hydrogen (secondary N) is 2. The Morgan fingerprint density at radius 1 is 0.817 bits per heavy atom. The molecule has 3 aliphatic heterocycles. The van der Waals surface area contributed by atoms with E-state index in [2.05, 4.69) is 27.7 Å². The monoisotopic (exact) mass is 992 g/mol. The molecule has 0 aromatic heterocycles. The highest BCUT2D eigenvalue weighted by atomic mass is 35.5. The normalized spacial score (nSPS) is 20.4. The molecule has 4 N–H and O–H groups in total. The first kappa shape index (κ1) is 51.8. The van der Waals surface area contributed by atoms with Crippen molar-refractivity contribution in [2.75, 3.05) is 64.9 Å². The molecule has 12 nitrogen and oxygen atoms in total. The Morgan fingerprint density at radius 2 is 1.51 bits per heavy atom. The Kier molecular flexibility index (Phi) is 18.1. The van der Waals surface area contributed by atoms with Gasteiger partial charge in [-0.3, -0.25) is 19.2 Å². The van der Waals surface area contributed by atoms with E-state index in [0.717, 1.165) is 120 Å². The van der Waals surface area contributed by atoms with Gasteiger partial charge in [-0.15, -0.1) is 0 Å². The van der Waals surface area contributed by atoms with Gasteiger partial charge in [0.2, 0.25) is 11.8 Å². The number of rotatable bonds is 20. The summed E-state index contributed by atoms with van der Waals surface area (Å²) in [7, 11) is 1.60. The van der Waals surface area contributed by atoms with Gasteiger partial charge in [-0.2, -0.15) is 0 Å². The van der Waals surface area contributed by atoms with Gasteiger partial charge in [0.05, 0.1) is 24.5 Å². The van der Waals surface area contributed by atoms with Gasteiger partial charge < -0.3 is 40.4 Å². The summed E-state index contributed by atoms with van der Waals surface area (Å²) >= 11 is 6.81. The molecule has 3 amide bonds. The van der Waals surface area contributed by atoms with Gasteiger partial charge in [-0.1, -0.05) is 60.8 Å². The predicted octanol–water partition coefficient (Wildman–Crippen LogP) is 10.1. The SMILES string of the molecule is COc1ccc(C(=O)N2CCC(CCC3CCN(C(=O)C4CCC(NCC(c5ccccc5)c5ccc(Cl)c(-c6c(C(N)=O)ccc(OC[C@@H]7CCCO7)c6F)c5)CC4)CC3)CC2)cc1NCCC(C)=O. The second-order valence-electron chi connectivity index (χ2n) is 20.1. The summed E-state index contributed by atoms with van der Waals surface area (Å²) in [5.41, 5.74) is 9.55. The summed E-state index contributed by atoms with van der Waals surface area (Å²) in [4.78, 5) is 55.6. The van der Waals surface area contributed by atoms with E-state index in [1.165, 1.54) is 12.1 Å². The third-order valence-electron chi connectivity index (χ3n) is 15.4. The largest absolute Gasteiger partial charge is 0.495 e. The van der Waals surface area contributed by atoms with Crippen LogP contribution < -0.4 is 25.8 Å². The van der Waals surface area contributed by atoms with Gasteiger partial charge >= 0.3 is 0 Å². The lowest BCUT2D eigenvalue weighted by Gasteiger charge is -2.37. The molecule has 0 bridgehead atoms.